The first-order valence-electron chi connectivity index (χ1n) is 2.08. The Morgan fingerprint density at radius 3 is 2.50 bits per heavy atom. The van der Waals surface area contributed by atoms with E-state index in [9.17, 15) is 9.59 Å². The summed E-state index contributed by atoms with van der Waals surface area (Å²) in [5.41, 5.74) is 4.55. The maximum Gasteiger partial charge on any atom is 0.405 e. The van der Waals surface area contributed by atoms with Gasteiger partial charge in [-0.05, 0) is 6.92 Å². The minimum absolute atomic E-state index is 0.491. The summed E-state index contributed by atoms with van der Waals surface area (Å²) in [6.07, 6.45) is -1.16. The molecule has 8 heavy (non-hydrogen) atoms. The molecule has 0 heterocycles. The van der Waals surface area contributed by atoms with E-state index >= 15 is 0 Å². The molecule has 0 rings (SSSR count). The number of nitrogens with two attached hydrogens (primary N) is 1. The van der Waals surface area contributed by atoms with Gasteiger partial charge in [0.25, 0.3) is 0 Å². The predicted molar refractivity (Wildman–Crippen MR) is 26.2 cm³/mol. The first kappa shape index (κ1) is 6.94. The molecule has 1 atom stereocenters. The van der Waals surface area contributed by atoms with Gasteiger partial charge in [-0.25, -0.2) is 4.79 Å². The van der Waals surface area contributed by atoms with Crippen molar-refractivity contribution in [1.29, 1.82) is 0 Å². The lowest BCUT2D eigenvalue weighted by atomic mass is 10.5. The molecule has 0 spiro atoms. The summed E-state index contributed by atoms with van der Waals surface area (Å²) in [6.45, 7) is 1.43. The molecule has 0 bridgehead atoms. The highest BCUT2D eigenvalue weighted by Gasteiger charge is 2.00. The Morgan fingerprint density at radius 2 is 2.38 bits per heavy atom. The SMILES string of the molecule is CC(C=O)OC(N)=O. The number of hydrogen-bond donors (Lipinski definition) is 1. The number of carbonyl (C=O) groups excluding carboxylic acids is 2. The summed E-state index contributed by atoms with van der Waals surface area (Å²) < 4.78 is 4.17. The third-order valence-corrected chi connectivity index (χ3v) is 0.494. The van der Waals surface area contributed by atoms with Crippen molar-refractivity contribution in [2.24, 2.45) is 5.73 Å². The van der Waals surface area contributed by atoms with E-state index in [1.165, 1.54) is 6.92 Å². The number of aldehydes is 1. The Kier molecular flexibility index (Phi) is 2.61. The van der Waals surface area contributed by atoms with Crippen LogP contribution in [0.5, 0.6) is 0 Å². The molecule has 0 fully saturated rings. The lowest BCUT2D eigenvalue weighted by molar-refractivity contribution is -0.114. The molecule has 2 N–H and O–H groups in total. The van der Waals surface area contributed by atoms with Crippen LogP contribution in [0.4, 0.5) is 4.79 Å². The van der Waals surface area contributed by atoms with Crippen molar-refractivity contribution in [3.8, 4) is 0 Å². The van der Waals surface area contributed by atoms with Crippen molar-refractivity contribution in [3.05, 3.63) is 0 Å². The molecule has 0 saturated heterocycles. The van der Waals surface area contributed by atoms with Crippen LogP contribution < -0.4 is 5.73 Å². The second kappa shape index (κ2) is 3.01. The van der Waals surface area contributed by atoms with Crippen LogP contribution in [0.3, 0.4) is 0 Å². The zero-order valence-electron chi connectivity index (χ0n) is 4.46. The van der Waals surface area contributed by atoms with Crippen molar-refractivity contribution in [3.63, 3.8) is 0 Å². The van der Waals surface area contributed by atoms with E-state index in [-0.39, 0.29) is 0 Å². The molecule has 1 amide bonds. The van der Waals surface area contributed by atoms with Gasteiger partial charge >= 0.3 is 6.09 Å². The summed E-state index contributed by atoms with van der Waals surface area (Å²) in [5, 5.41) is 0. The Bertz CT molecular complexity index is 101. The molecule has 1 unspecified atom stereocenters. The molecular formula is C4H7NO3. The third-order valence-electron chi connectivity index (χ3n) is 0.494. The number of rotatable bonds is 2. The van der Waals surface area contributed by atoms with Crippen LogP contribution in [-0.2, 0) is 9.53 Å². The average molecular weight is 117 g/mol. The fourth-order valence-corrected chi connectivity index (χ4v) is 0.211. The average Bonchev–Trinajstić information content (AvgIpc) is 1.65. The fourth-order valence-electron chi connectivity index (χ4n) is 0.211. The van der Waals surface area contributed by atoms with Gasteiger partial charge in [0.1, 0.15) is 0 Å². The van der Waals surface area contributed by atoms with Crippen LogP contribution >= 0.6 is 0 Å². The summed E-state index contributed by atoms with van der Waals surface area (Å²) >= 11 is 0. The van der Waals surface area contributed by atoms with E-state index in [1.807, 2.05) is 0 Å². The van der Waals surface area contributed by atoms with Crippen LogP contribution in [0.2, 0.25) is 0 Å². The van der Waals surface area contributed by atoms with E-state index in [2.05, 4.69) is 10.5 Å². The Balaban J connectivity index is 3.38. The molecule has 0 aromatic carbocycles. The van der Waals surface area contributed by atoms with Gasteiger partial charge in [-0.2, -0.15) is 0 Å². The van der Waals surface area contributed by atoms with Gasteiger partial charge in [0.05, 0.1) is 0 Å². The highest BCUT2D eigenvalue weighted by molar-refractivity contribution is 5.68. The van der Waals surface area contributed by atoms with Crippen LogP contribution in [0, 0.1) is 0 Å². The molecule has 0 aromatic rings. The number of amides is 1. The normalized spacial score (nSPS) is 12.1. The van der Waals surface area contributed by atoms with Gasteiger partial charge in [-0.15, -0.1) is 0 Å². The van der Waals surface area contributed by atoms with E-state index < -0.39 is 12.2 Å². The number of primary amides is 1. The Hall–Kier alpha value is -1.06. The van der Waals surface area contributed by atoms with Gasteiger partial charge < -0.3 is 10.5 Å². The topological polar surface area (TPSA) is 69.4 Å². The fraction of sp³-hybridized carbons (Fsp3) is 0.500. The predicted octanol–water partition coefficient (Wildman–Crippen LogP) is -0.331. The lowest BCUT2D eigenvalue weighted by Gasteiger charge is -2.00. The first-order chi connectivity index (χ1) is 3.66. The minimum Gasteiger partial charge on any atom is -0.439 e. The molecule has 46 valence electrons. The van der Waals surface area contributed by atoms with Gasteiger partial charge in [-0.1, -0.05) is 0 Å². The summed E-state index contributed by atoms with van der Waals surface area (Å²) in [4.78, 5) is 19.5. The number of hydrogen-bond acceptors (Lipinski definition) is 3. The van der Waals surface area contributed by atoms with Gasteiger partial charge in [0.15, 0.2) is 12.4 Å². The molecule has 0 aromatic heterocycles. The molecule has 0 radical (unpaired) electrons. The highest BCUT2D eigenvalue weighted by atomic mass is 16.6. The summed E-state index contributed by atoms with van der Waals surface area (Å²) in [6, 6.07) is 0. The standard InChI is InChI=1S/C4H7NO3/c1-3(2-6)8-4(5)7/h2-3H,1H3,(H2,5,7). The van der Waals surface area contributed by atoms with Gasteiger partial charge in [0, 0.05) is 0 Å². The van der Waals surface area contributed by atoms with E-state index in [4.69, 9.17) is 0 Å². The summed E-state index contributed by atoms with van der Waals surface area (Å²) in [7, 11) is 0. The number of carbonyl (C=O) groups is 2. The van der Waals surface area contributed by atoms with E-state index in [0.29, 0.717) is 6.29 Å². The van der Waals surface area contributed by atoms with Crippen LogP contribution in [-0.4, -0.2) is 18.5 Å². The van der Waals surface area contributed by atoms with Gasteiger partial charge in [-0.3, -0.25) is 4.79 Å². The Morgan fingerprint density at radius 1 is 1.88 bits per heavy atom. The monoisotopic (exact) mass is 117 g/mol. The quantitative estimate of drug-likeness (QED) is 0.503. The van der Waals surface area contributed by atoms with Crippen LogP contribution in [0.1, 0.15) is 6.92 Å². The molecule has 0 aliphatic heterocycles. The highest BCUT2D eigenvalue weighted by Crippen LogP contribution is 1.82. The molecular weight excluding hydrogens is 110 g/mol. The number of ether oxygens (including phenoxy) is 1. The maximum atomic E-state index is 9.81. The van der Waals surface area contributed by atoms with Crippen molar-refractivity contribution in [2.45, 2.75) is 13.0 Å². The smallest absolute Gasteiger partial charge is 0.405 e. The molecule has 0 aliphatic carbocycles. The zero-order chi connectivity index (χ0) is 6.57. The second-order valence-corrected chi connectivity index (χ2v) is 1.28. The minimum atomic E-state index is -0.926. The molecule has 0 aliphatic rings. The Labute approximate surface area is 46.6 Å². The van der Waals surface area contributed by atoms with Crippen molar-refractivity contribution in [1.82, 2.24) is 0 Å². The van der Waals surface area contributed by atoms with Crippen molar-refractivity contribution < 1.29 is 14.3 Å². The van der Waals surface area contributed by atoms with Crippen molar-refractivity contribution >= 4 is 12.4 Å². The first-order valence-corrected chi connectivity index (χ1v) is 2.08. The summed E-state index contributed by atoms with van der Waals surface area (Å²) in [5.74, 6) is 0. The molecule has 4 nitrogen and oxygen atoms in total. The van der Waals surface area contributed by atoms with E-state index in [0.717, 1.165) is 0 Å². The maximum absolute atomic E-state index is 9.81. The lowest BCUT2D eigenvalue weighted by Crippen LogP contribution is -2.20. The zero-order valence-corrected chi connectivity index (χ0v) is 4.46. The van der Waals surface area contributed by atoms with Crippen molar-refractivity contribution in [2.75, 3.05) is 0 Å². The van der Waals surface area contributed by atoms with E-state index in [1.54, 1.807) is 0 Å². The van der Waals surface area contributed by atoms with Crippen LogP contribution in [0.25, 0.3) is 0 Å². The second-order valence-electron chi connectivity index (χ2n) is 1.28. The van der Waals surface area contributed by atoms with Gasteiger partial charge in [0.2, 0.25) is 0 Å². The largest absolute Gasteiger partial charge is 0.439 e. The molecule has 0 saturated carbocycles. The van der Waals surface area contributed by atoms with Crippen LogP contribution in [0.15, 0.2) is 0 Å². The molecule has 4 heteroatoms. The third kappa shape index (κ3) is 3.14.